The average Bonchev–Trinajstić information content (AvgIpc) is 2.52. The van der Waals surface area contributed by atoms with E-state index in [1.54, 1.807) is 12.4 Å². The summed E-state index contributed by atoms with van der Waals surface area (Å²) in [6.45, 7) is 1.44. The van der Waals surface area contributed by atoms with Gasteiger partial charge in [0.2, 0.25) is 0 Å². The second kappa shape index (κ2) is 6.98. The van der Waals surface area contributed by atoms with Gasteiger partial charge in [-0.1, -0.05) is 0 Å². The number of likely N-dealkylation sites (N-methyl/N-ethyl adjacent to an activating group) is 2. The predicted octanol–water partition coefficient (Wildman–Crippen LogP) is 2.15. The molecule has 0 saturated heterocycles. The monoisotopic (exact) mass is 322 g/mol. The molecule has 0 radical (unpaired) electrons. The summed E-state index contributed by atoms with van der Waals surface area (Å²) in [4.78, 5) is 22.6. The van der Waals surface area contributed by atoms with Gasteiger partial charge < -0.3 is 9.80 Å². The van der Waals surface area contributed by atoms with Crippen LogP contribution in [0, 0.1) is 0 Å². The van der Waals surface area contributed by atoms with E-state index in [0.717, 1.165) is 47.0 Å². The maximum absolute atomic E-state index is 4.93. The van der Waals surface area contributed by atoms with Gasteiger partial charge in [0.25, 0.3) is 0 Å². The third kappa shape index (κ3) is 3.55. The molecule has 0 spiro atoms. The molecule has 0 fully saturated rings. The number of pyridine rings is 2. The van der Waals surface area contributed by atoms with E-state index in [4.69, 9.17) is 9.98 Å². The lowest BCUT2D eigenvalue weighted by Gasteiger charge is -2.20. The standard InChI is InChI=1S/C18H22N6/c1-23(2)11-17-13-9-19-7-5-15(13)22-18(12-24(3)4)14-10-20-8-6-16(14)21-17/h5-10H,11-12H2,1-4H3/b17-13?,18-14?,21-16?,21-17-,22-15?,22-18-. The van der Waals surface area contributed by atoms with Crippen LogP contribution in [0.15, 0.2) is 46.9 Å². The third-order valence-electron chi connectivity index (χ3n) is 3.66. The zero-order valence-corrected chi connectivity index (χ0v) is 14.6. The van der Waals surface area contributed by atoms with Crippen LogP contribution in [0.2, 0.25) is 0 Å². The van der Waals surface area contributed by atoms with Gasteiger partial charge in [-0.05, 0) is 40.3 Å². The molecule has 3 rings (SSSR count). The fraction of sp³-hybridized carbons (Fsp3) is 0.333. The van der Waals surface area contributed by atoms with E-state index in [9.17, 15) is 0 Å². The average molecular weight is 322 g/mol. The fourth-order valence-electron chi connectivity index (χ4n) is 2.67. The van der Waals surface area contributed by atoms with Crippen LogP contribution in [0.25, 0.3) is 0 Å². The first-order valence-electron chi connectivity index (χ1n) is 7.88. The molecule has 6 heteroatoms. The Morgan fingerprint density at radius 2 is 1.12 bits per heavy atom. The first-order valence-corrected chi connectivity index (χ1v) is 7.88. The summed E-state index contributed by atoms with van der Waals surface area (Å²) in [6, 6.07) is 3.88. The minimum absolute atomic E-state index is 0.721. The Labute approximate surface area is 142 Å². The van der Waals surface area contributed by atoms with Crippen molar-refractivity contribution in [2.75, 3.05) is 41.3 Å². The van der Waals surface area contributed by atoms with Crippen molar-refractivity contribution in [1.82, 2.24) is 19.8 Å². The molecule has 3 heterocycles. The Balaban J connectivity index is 2.22. The van der Waals surface area contributed by atoms with Gasteiger partial charge in [0, 0.05) is 49.0 Å². The third-order valence-corrected chi connectivity index (χ3v) is 3.66. The first kappa shape index (κ1) is 16.4. The van der Waals surface area contributed by atoms with Gasteiger partial charge in [0.1, 0.15) is 0 Å². The number of rotatable bonds is 4. The highest BCUT2D eigenvalue weighted by Crippen LogP contribution is 2.28. The van der Waals surface area contributed by atoms with Crippen LogP contribution >= 0.6 is 0 Å². The summed E-state index contributed by atoms with van der Waals surface area (Å²) < 4.78 is 0. The molecule has 0 unspecified atom stereocenters. The Morgan fingerprint density at radius 1 is 0.708 bits per heavy atom. The summed E-state index contributed by atoms with van der Waals surface area (Å²) in [6.07, 6.45) is 7.24. The van der Waals surface area contributed by atoms with E-state index < -0.39 is 0 Å². The molecule has 2 aromatic rings. The molecule has 0 aliphatic carbocycles. The van der Waals surface area contributed by atoms with Gasteiger partial charge in [-0.3, -0.25) is 20.0 Å². The highest BCUT2D eigenvalue weighted by Gasteiger charge is 2.18. The molecular weight excluding hydrogens is 300 g/mol. The van der Waals surface area contributed by atoms with E-state index in [-0.39, 0.29) is 0 Å². The zero-order chi connectivity index (χ0) is 17.1. The molecule has 0 amide bonds. The molecule has 0 atom stereocenters. The molecule has 6 nitrogen and oxygen atoms in total. The normalized spacial score (nSPS) is 18.1. The SMILES string of the molecule is CN(C)C/C1=N/c2ccncc2/C(CN(C)C)=N\c2ccncc21. The molecule has 0 aromatic carbocycles. The van der Waals surface area contributed by atoms with E-state index in [2.05, 4.69) is 19.8 Å². The van der Waals surface area contributed by atoms with Crippen molar-refractivity contribution in [3.63, 3.8) is 0 Å². The number of fused-ring (bicyclic) bond motifs is 2. The lowest BCUT2D eigenvalue weighted by Crippen LogP contribution is -2.25. The number of hydrogen-bond acceptors (Lipinski definition) is 6. The smallest absolute Gasteiger partial charge is 0.0755 e. The van der Waals surface area contributed by atoms with Gasteiger partial charge in [0.15, 0.2) is 0 Å². The summed E-state index contributed by atoms with van der Waals surface area (Å²) in [5, 5.41) is 0. The number of aromatic nitrogens is 2. The maximum atomic E-state index is 4.93. The van der Waals surface area contributed by atoms with Crippen LogP contribution in [-0.2, 0) is 0 Å². The molecule has 124 valence electrons. The van der Waals surface area contributed by atoms with Crippen LogP contribution in [0.3, 0.4) is 0 Å². The predicted molar refractivity (Wildman–Crippen MR) is 98.0 cm³/mol. The Kier molecular flexibility index (Phi) is 4.78. The van der Waals surface area contributed by atoms with E-state index in [0.29, 0.717) is 0 Å². The van der Waals surface area contributed by atoms with Crippen molar-refractivity contribution < 1.29 is 0 Å². The summed E-state index contributed by atoms with van der Waals surface area (Å²) in [7, 11) is 8.13. The van der Waals surface area contributed by atoms with Crippen molar-refractivity contribution in [3.05, 3.63) is 48.0 Å². The minimum Gasteiger partial charge on any atom is -0.304 e. The summed E-state index contributed by atoms with van der Waals surface area (Å²) in [5.74, 6) is 0. The molecule has 0 saturated carbocycles. The topological polar surface area (TPSA) is 57.0 Å². The lowest BCUT2D eigenvalue weighted by atomic mass is 10.1. The molecule has 1 aliphatic rings. The highest BCUT2D eigenvalue weighted by molar-refractivity contribution is 6.13. The van der Waals surface area contributed by atoms with Crippen molar-refractivity contribution in [2.24, 2.45) is 9.98 Å². The first-order chi connectivity index (χ1) is 11.5. The highest BCUT2D eigenvalue weighted by atomic mass is 15.1. The number of hydrogen-bond donors (Lipinski definition) is 0. The largest absolute Gasteiger partial charge is 0.304 e. The van der Waals surface area contributed by atoms with Gasteiger partial charge in [0.05, 0.1) is 22.8 Å². The second-order valence-corrected chi connectivity index (χ2v) is 6.38. The van der Waals surface area contributed by atoms with E-state index in [1.165, 1.54) is 0 Å². The van der Waals surface area contributed by atoms with Crippen LogP contribution in [-0.4, -0.2) is 72.5 Å². The summed E-state index contributed by atoms with van der Waals surface area (Å²) >= 11 is 0. The quantitative estimate of drug-likeness (QED) is 0.865. The number of nitrogens with zero attached hydrogens (tertiary/aromatic N) is 6. The Hall–Kier alpha value is -2.44. The molecule has 1 aliphatic heterocycles. The van der Waals surface area contributed by atoms with Gasteiger partial charge in [-0.15, -0.1) is 0 Å². The maximum Gasteiger partial charge on any atom is 0.0755 e. The zero-order valence-electron chi connectivity index (χ0n) is 14.6. The molecule has 0 N–H and O–H groups in total. The van der Waals surface area contributed by atoms with Crippen molar-refractivity contribution in [2.45, 2.75) is 0 Å². The van der Waals surface area contributed by atoms with Crippen LogP contribution in [0.5, 0.6) is 0 Å². The lowest BCUT2D eigenvalue weighted by molar-refractivity contribution is 0.469. The van der Waals surface area contributed by atoms with Crippen molar-refractivity contribution >= 4 is 22.8 Å². The van der Waals surface area contributed by atoms with Crippen LogP contribution in [0.1, 0.15) is 11.1 Å². The Bertz CT molecular complexity index is 724. The van der Waals surface area contributed by atoms with Crippen molar-refractivity contribution in [1.29, 1.82) is 0 Å². The van der Waals surface area contributed by atoms with Gasteiger partial charge >= 0.3 is 0 Å². The summed E-state index contributed by atoms with van der Waals surface area (Å²) in [5.41, 5.74) is 5.68. The number of aliphatic imine (C=N–C) groups is 2. The minimum atomic E-state index is 0.721. The van der Waals surface area contributed by atoms with Gasteiger partial charge in [-0.25, -0.2) is 0 Å². The van der Waals surface area contributed by atoms with Crippen molar-refractivity contribution in [3.8, 4) is 0 Å². The van der Waals surface area contributed by atoms with Crippen LogP contribution < -0.4 is 0 Å². The molecular formula is C18H22N6. The van der Waals surface area contributed by atoms with E-state index in [1.807, 2.05) is 52.7 Å². The van der Waals surface area contributed by atoms with E-state index >= 15 is 0 Å². The van der Waals surface area contributed by atoms with Gasteiger partial charge in [-0.2, -0.15) is 0 Å². The second-order valence-electron chi connectivity index (χ2n) is 6.38. The molecule has 24 heavy (non-hydrogen) atoms. The molecule has 0 bridgehead atoms. The fourth-order valence-corrected chi connectivity index (χ4v) is 2.67. The molecule has 2 aromatic heterocycles. The van der Waals surface area contributed by atoms with Crippen LogP contribution in [0.4, 0.5) is 11.4 Å². The Morgan fingerprint density at radius 3 is 1.50 bits per heavy atom.